The van der Waals surface area contributed by atoms with Gasteiger partial charge in [0.1, 0.15) is 5.01 Å². The number of aryl methyl sites for hydroxylation is 1. The average Bonchev–Trinajstić information content (AvgIpc) is 2.82. The first-order valence-electron chi connectivity index (χ1n) is 6.60. The summed E-state index contributed by atoms with van der Waals surface area (Å²) in [6.45, 7) is 3.97. The van der Waals surface area contributed by atoms with Gasteiger partial charge in [0.05, 0.1) is 4.88 Å². The van der Waals surface area contributed by atoms with E-state index in [9.17, 15) is 4.79 Å². The maximum Gasteiger partial charge on any atom is 0.312 e. The monoisotopic (exact) mass is 309 g/mol. The Hall–Kier alpha value is -1.39. The third-order valence-corrected chi connectivity index (χ3v) is 4.22. The number of ether oxygens (including phenoxy) is 1. The van der Waals surface area contributed by atoms with Gasteiger partial charge in [-0.25, -0.2) is 4.98 Å². The van der Waals surface area contributed by atoms with Crippen LogP contribution in [0.4, 0.5) is 0 Å². The molecule has 0 bridgehead atoms. The molecule has 0 aliphatic rings. The van der Waals surface area contributed by atoms with Gasteiger partial charge in [0.25, 0.3) is 0 Å². The quantitative estimate of drug-likeness (QED) is 0.749. The summed E-state index contributed by atoms with van der Waals surface area (Å²) in [5, 5.41) is 1.54. The van der Waals surface area contributed by atoms with Gasteiger partial charge in [-0.15, -0.1) is 11.3 Å². The molecule has 0 saturated carbocycles. The number of thiazole rings is 1. The third kappa shape index (κ3) is 3.58. The van der Waals surface area contributed by atoms with E-state index in [1.807, 2.05) is 38.1 Å². The molecule has 3 nitrogen and oxygen atoms in total. The van der Waals surface area contributed by atoms with Crippen molar-refractivity contribution in [2.75, 3.05) is 0 Å². The lowest BCUT2D eigenvalue weighted by atomic mass is 10.2. The van der Waals surface area contributed by atoms with Crippen molar-refractivity contribution in [2.24, 2.45) is 0 Å². The lowest BCUT2D eigenvalue weighted by Gasteiger charge is -2.00. The van der Waals surface area contributed by atoms with E-state index >= 15 is 0 Å². The lowest BCUT2D eigenvalue weighted by Crippen LogP contribution is -2.08. The van der Waals surface area contributed by atoms with Crippen LogP contribution < -0.4 is 4.74 Å². The Kier molecular flexibility index (Phi) is 5.15. The van der Waals surface area contributed by atoms with E-state index in [2.05, 4.69) is 4.98 Å². The van der Waals surface area contributed by atoms with Gasteiger partial charge in [-0.05, 0) is 25.0 Å². The minimum absolute atomic E-state index is 0.227. The number of halogens is 1. The molecule has 0 unspecified atom stereocenters. The molecular weight excluding hydrogens is 294 g/mol. The van der Waals surface area contributed by atoms with Crippen LogP contribution in [0.1, 0.15) is 31.6 Å². The van der Waals surface area contributed by atoms with Crippen LogP contribution in [0.2, 0.25) is 5.02 Å². The van der Waals surface area contributed by atoms with Crippen LogP contribution in [0.25, 0.3) is 10.6 Å². The van der Waals surface area contributed by atoms with Crippen LogP contribution >= 0.6 is 22.9 Å². The van der Waals surface area contributed by atoms with Crippen molar-refractivity contribution in [1.29, 1.82) is 0 Å². The van der Waals surface area contributed by atoms with Gasteiger partial charge in [0.15, 0.2) is 0 Å². The molecule has 2 aromatic rings. The van der Waals surface area contributed by atoms with E-state index in [0.29, 0.717) is 17.3 Å². The zero-order valence-electron chi connectivity index (χ0n) is 11.5. The van der Waals surface area contributed by atoms with E-state index in [-0.39, 0.29) is 5.97 Å². The molecule has 0 atom stereocenters. The predicted molar refractivity (Wildman–Crippen MR) is 82.5 cm³/mol. The van der Waals surface area contributed by atoms with E-state index in [0.717, 1.165) is 28.3 Å². The van der Waals surface area contributed by atoms with Crippen molar-refractivity contribution in [3.8, 4) is 16.5 Å². The van der Waals surface area contributed by atoms with Gasteiger partial charge in [-0.2, -0.15) is 0 Å². The molecular formula is C15H16ClNO2S. The number of rotatable bonds is 5. The number of benzene rings is 1. The molecule has 0 aliphatic carbocycles. The summed E-state index contributed by atoms with van der Waals surface area (Å²) in [6, 6.07) is 7.48. The van der Waals surface area contributed by atoms with Crippen LogP contribution in [0.15, 0.2) is 24.3 Å². The van der Waals surface area contributed by atoms with Gasteiger partial charge in [0, 0.05) is 17.0 Å². The Bertz CT molecular complexity index is 592. The van der Waals surface area contributed by atoms with Crippen molar-refractivity contribution < 1.29 is 9.53 Å². The summed E-state index contributed by atoms with van der Waals surface area (Å²) in [7, 11) is 0. The Labute approximate surface area is 127 Å². The number of hydrogen-bond acceptors (Lipinski definition) is 4. The number of nitrogens with zero attached hydrogens (tertiary/aromatic N) is 1. The first-order valence-corrected chi connectivity index (χ1v) is 7.79. The molecule has 106 valence electrons. The lowest BCUT2D eigenvalue weighted by molar-refractivity contribution is -0.134. The molecule has 0 aliphatic heterocycles. The minimum atomic E-state index is -0.227. The largest absolute Gasteiger partial charge is 0.406 e. The molecule has 0 fully saturated rings. The second-order valence-corrected chi connectivity index (χ2v) is 5.85. The number of carbonyl (C=O) groups is 1. The Morgan fingerprint density at radius 3 is 2.60 bits per heavy atom. The van der Waals surface area contributed by atoms with Gasteiger partial charge in [-0.3, -0.25) is 4.79 Å². The van der Waals surface area contributed by atoms with Crippen LogP contribution in [0.5, 0.6) is 5.88 Å². The van der Waals surface area contributed by atoms with E-state index in [4.69, 9.17) is 16.3 Å². The van der Waals surface area contributed by atoms with Crippen LogP contribution in [-0.4, -0.2) is 11.0 Å². The van der Waals surface area contributed by atoms with Crippen LogP contribution in [0.3, 0.4) is 0 Å². The molecule has 0 N–H and O–H groups in total. The minimum Gasteiger partial charge on any atom is -0.406 e. The number of hydrogen-bond donors (Lipinski definition) is 0. The van der Waals surface area contributed by atoms with Gasteiger partial charge in [-0.1, -0.05) is 37.6 Å². The molecule has 5 heteroatoms. The number of esters is 1. The maximum absolute atomic E-state index is 11.6. The third-order valence-electron chi connectivity index (χ3n) is 2.74. The number of aromatic nitrogens is 1. The molecule has 20 heavy (non-hydrogen) atoms. The Balaban J connectivity index is 2.26. The predicted octanol–water partition coefficient (Wildman–Crippen LogP) is 4.73. The molecule has 1 aromatic heterocycles. The Morgan fingerprint density at radius 2 is 2.00 bits per heavy atom. The van der Waals surface area contributed by atoms with Crippen molar-refractivity contribution in [3.63, 3.8) is 0 Å². The summed E-state index contributed by atoms with van der Waals surface area (Å²) in [6.07, 6.45) is 1.98. The first-order chi connectivity index (χ1) is 9.63. The summed E-state index contributed by atoms with van der Waals surface area (Å²) in [4.78, 5) is 17.0. The average molecular weight is 310 g/mol. The van der Waals surface area contributed by atoms with E-state index < -0.39 is 0 Å². The second-order valence-electron chi connectivity index (χ2n) is 4.33. The molecule has 2 rings (SSSR count). The van der Waals surface area contributed by atoms with Gasteiger partial charge in [0.2, 0.25) is 5.88 Å². The van der Waals surface area contributed by atoms with E-state index in [1.165, 1.54) is 0 Å². The standard InChI is InChI=1S/C15H16ClNO2S/c1-3-5-13(18)19-14-12(4-2)20-15(17-14)10-6-8-11(16)9-7-10/h6-9H,3-5H2,1-2H3. The fraction of sp³-hybridized carbons (Fsp3) is 0.333. The summed E-state index contributed by atoms with van der Waals surface area (Å²) >= 11 is 7.43. The number of carbonyl (C=O) groups excluding carboxylic acids is 1. The highest BCUT2D eigenvalue weighted by Crippen LogP contribution is 2.33. The summed E-state index contributed by atoms with van der Waals surface area (Å²) in [5.74, 6) is 0.219. The highest BCUT2D eigenvalue weighted by molar-refractivity contribution is 7.15. The van der Waals surface area contributed by atoms with E-state index in [1.54, 1.807) is 11.3 Å². The second kappa shape index (κ2) is 6.86. The van der Waals surface area contributed by atoms with Gasteiger partial charge < -0.3 is 4.74 Å². The highest BCUT2D eigenvalue weighted by Gasteiger charge is 2.15. The van der Waals surface area contributed by atoms with Crippen molar-refractivity contribution in [3.05, 3.63) is 34.2 Å². The normalized spacial score (nSPS) is 10.6. The molecule has 0 radical (unpaired) electrons. The fourth-order valence-electron chi connectivity index (χ4n) is 1.72. The zero-order valence-corrected chi connectivity index (χ0v) is 13.1. The summed E-state index contributed by atoms with van der Waals surface area (Å²) < 4.78 is 5.34. The molecule has 0 amide bonds. The summed E-state index contributed by atoms with van der Waals surface area (Å²) in [5.41, 5.74) is 0.979. The van der Waals surface area contributed by atoms with Crippen molar-refractivity contribution >= 4 is 28.9 Å². The van der Waals surface area contributed by atoms with Crippen LogP contribution in [-0.2, 0) is 11.2 Å². The Morgan fingerprint density at radius 1 is 1.30 bits per heavy atom. The van der Waals surface area contributed by atoms with Crippen LogP contribution in [0, 0.1) is 0 Å². The smallest absolute Gasteiger partial charge is 0.312 e. The molecule has 1 heterocycles. The molecule has 1 aromatic carbocycles. The fourth-order valence-corrected chi connectivity index (χ4v) is 2.78. The first kappa shape index (κ1) is 15.0. The van der Waals surface area contributed by atoms with Crippen molar-refractivity contribution in [2.45, 2.75) is 33.1 Å². The highest BCUT2D eigenvalue weighted by atomic mass is 35.5. The van der Waals surface area contributed by atoms with Gasteiger partial charge >= 0.3 is 5.97 Å². The topological polar surface area (TPSA) is 39.2 Å². The van der Waals surface area contributed by atoms with Crippen molar-refractivity contribution in [1.82, 2.24) is 4.98 Å². The SMILES string of the molecule is CCCC(=O)Oc1nc(-c2ccc(Cl)cc2)sc1CC. The molecule has 0 spiro atoms. The zero-order chi connectivity index (χ0) is 14.5. The maximum atomic E-state index is 11.6. The molecule has 0 saturated heterocycles.